The minimum Gasteiger partial charge on any atom is -0.368 e. The SMILES string of the molecule is CC(=O)NCCNc1cc(Nc2ccccn2)ncn1. The van der Waals surface area contributed by atoms with Gasteiger partial charge in [0.2, 0.25) is 5.91 Å². The Balaban J connectivity index is 1.89. The van der Waals surface area contributed by atoms with E-state index < -0.39 is 0 Å². The van der Waals surface area contributed by atoms with E-state index in [0.29, 0.717) is 24.7 Å². The molecule has 0 aliphatic rings. The predicted molar refractivity (Wildman–Crippen MR) is 76.7 cm³/mol. The van der Waals surface area contributed by atoms with Crippen LogP contribution in [0.5, 0.6) is 0 Å². The summed E-state index contributed by atoms with van der Waals surface area (Å²) in [4.78, 5) is 23.1. The summed E-state index contributed by atoms with van der Waals surface area (Å²) >= 11 is 0. The minimum atomic E-state index is -0.0491. The van der Waals surface area contributed by atoms with Crippen LogP contribution in [0.2, 0.25) is 0 Å². The molecule has 0 unspecified atom stereocenters. The molecule has 0 saturated heterocycles. The molecule has 0 bridgehead atoms. The van der Waals surface area contributed by atoms with Crippen LogP contribution in [-0.4, -0.2) is 33.9 Å². The van der Waals surface area contributed by atoms with E-state index in [0.717, 1.165) is 5.82 Å². The van der Waals surface area contributed by atoms with Crippen molar-refractivity contribution in [1.82, 2.24) is 20.3 Å². The Bertz CT molecular complexity index is 560. The first kappa shape index (κ1) is 13.7. The molecule has 7 heteroatoms. The zero-order valence-corrected chi connectivity index (χ0v) is 11.1. The van der Waals surface area contributed by atoms with E-state index in [1.807, 2.05) is 18.2 Å². The molecule has 3 N–H and O–H groups in total. The van der Waals surface area contributed by atoms with Gasteiger partial charge in [0.25, 0.3) is 0 Å². The molecule has 0 spiro atoms. The summed E-state index contributed by atoms with van der Waals surface area (Å²) in [6.07, 6.45) is 3.17. The van der Waals surface area contributed by atoms with Crippen LogP contribution in [-0.2, 0) is 4.79 Å². The third kappa shape index (κ3) is 4.52. The number of rotatable bonds is 6. The number of hydrogen-bond donors (Lipinski definition) is 3. The van der Waals surface area contributed by atoms with Crippen LogP contribution < -0.4 is 16.0 Å². The predicted octanol–water partition coefficient (Wildman–Crippen LogP) is 1.16. The van der Waals surface area contributed by atoms with E-state index in [1.165, 1.54) is 13.3 Å². The van der Waals surface area contributed by atoms with Crippen molar-refractivity contribution < 1.29 is 4.79 Å². The number of carbonyl (C=O) groups is 1. The van der Waals surface area contributed by atoms with Gasteiger partial charge in [0.15, 0.2) is 0 Å². The van der Waals surface area contributed by atoms with Gasteiger partial charge in [0, 0.05) is 32.3 Å². The highest BCUT2D eigenvalue weighted by Gasteiger charge is 2.00. The van der Waals surface area contributed by atoms with Crippen molar-refractivity contribution in [2.24, 2.45) is 0 Å². The van der Waals surface area contributed by atoms with Crippen molar-refractivity contribution in [3.8, 4) is 0 Å². The summed E-state index contributed by atoms with van der Waals surface area (Å²) < 4.78 is 0. The molecule has 2 rings (SSSR count). The third-order valence-corrected chi connectivity index (χ3v) is 2.39. The number of pyridine rings is 1. The first-order valence-corrected chi connectivity index (χ1v) is 6.22. The fraction of sp³-hybridized carbons (Fsp3) is 0.231. The maximum absolute atomic E-state index is 10.7. The first-order chi connectivity index (χ1) is 9.74. The van der Waals surface area contributed by atoms with Crippen molar-refractivity contribution in [2.45, 2.75) is 6.92 Å². The molecule has 0 saturated carbocycles. The molecular formula is C13H16N6O. The van der Waals surface area contributed by atoms with Crippen LogP contribution in [0, 0.1) is 0 Å². The summed E-state index contributed by atoms with van der Waals surface area (Å²) in [7, 11) is 0. The van der Waals surface area contributed by atoms with Gasteiger partial charge in [0.05, 0.1) is 0 Å². The molecule has 0 atom stereocenters. The van der Waals surface area contributed by atoms with E-state index in [-0.39, 0.29) is 5.91 Å². The topological polar surface area (TPSA) is 91.8 Å². The Kier molecular flexibility index (Phi) is 4.82. The fourth-order valence-corrected chi connectivity index (χ4v) is 1.52. The lowest BCUT2D eigenvalue weighted by atomic mass is 10.4. The quantitative estimate of drug-likeness (QED) is 0.684. The molecule has 20 heavy (non-hydrogen) atoms. The second-order valence-corrected chi connectivity index (χ2v) is 4.04. The van der Waals surface area contributed by atoms with Crippen LogP contribution in [0.4, 0.5) is 17.5 Å². The lowest BCUT2D eigenvalue weighted by molar-refractivity contribution is -0.118. The van der Waals surface area contributed by atoms with Crippen molar-refractivity contribution in [2.75, 3.05) is 23.7 Å². The van der Waals surface area contributed by atoms with Gasteiger partial charge in [-0.05, 0) is 12.1 Å². The number of nitrogens with one attached hydrogen (secondary N) is 3. The molecule has 1 amide bonds. The highest BCUT2D eigenvalue weighted by molar-refractivity contribution is 5.72. The van der Waals surface area contributed by atoms with Gasteiger partial charge >= 0.3 is 0 Å². The van der Waals surface area contributed by atoms with Crippen LogP contribution in [0.25, 0.3) is 0 Å². The Labute approximate surface area is 116 Å². The fourth-order valence-electron chi connectivity index (χ4n) is 1.52. The van der Waals surface area contributed by atoms with Crippen LogP contribution in [0.15, 0.2) is 36.8 Å². The molecule has 2 aromatic heterocycles. The minimum absolute atomic E-state index is 0.0491. The highest BCUT2D eigenvalue weighted by Crippen LogP contribution is 2.13. The van der Waals surface area contributed by atoms with Gasteiger partial charge in [-0.25, -0.2) is 15.0 Å². The van der Waals surface area contributed by atoms with Crippen LogP contribution in [0.3, 0.4) is 0 Å². The van der Waals surface area contributed by atoms with Gasteiger partial charge in [-0.15, -0.1) is 0 Å². The van der Waals surface area contributed by atoms with Gasteiger partial charge < -0.3 is 16.0 Å². The molecule has 0 aromatic carbocycles. The summed E-state index contributed by atoms with van der Waals surface area (Å²) in [6.45, 7) is 2.63. The van der Waals surface area contributed by atoms with Crippen molar-refractivity contribution >= 4 is 23.4 Å². The first-order valence-electron chi connectivity index (χ1n) is 6.22. The number of carbonyl (C=O) groups excluding carboxylic acids is 1. The second kappa shape index (κ2) is 7.03. The average molecular weight is 272 g/mol. The van der Waals surface area contributed by atoms with Gasteiger partial charge in [-0.1, -0.05) is 6.07 Å². The van der Waals surface area contributed by atoms with E-state index in [4.69, 9.17) is 0 Å². The standard InChI is InChI=1S/C13H16N6O/c1-10(20)14-6-7-16-12-8-13(18-9-17-12)19-11-4-2-3-5-15-11/h2-5,8-9H,6-7H2,1H3,(H,14,20)(H2,15,16,17,18,19). The van der Waals surface area contributed by atoms with Gasteiger partial charge in [-0.3, -0.25) is 4.79 Å². The molecular weight excluding hydrogens is 256 g/mol. The lowest BCUT2D eigenvalue weighted by Gasteiger charge is -2.08. The smallest absolute Gasteiger partial charge is 0.216 e. The zero-order chi connectivity index (χ0) is 14.2. The zero-order valence-electron chi connectivity index (χ0n) is 11.1. The van der Waals surface area contributed by atoms with Crippen molar-refractivity contribution in [1.29, 1.82) is 0 Å². The van der Waals surface area contributed by atoms with E-state index in [2.05, 4.69) is 30.9 Å². The molecule has 0 aliphatic heterocycles. The number of aromatic nitrogens is 3. The van der Waals surface area contributed by atoms with Crippen LogP contribution >= 0.6 is 0 Å². The Morgan fingerprint density at radius 1 is 1.10 bits per heavy atom. The van der Waals surface area contributed by atoms with Crippen molar-refractivity contribution in [3.63, 3.8) is 0 Å². The molecule has 104 valence electrons. The molecule has 0 radical (unpaired) electrons. The monoisotopic (exact) mass is 272 g/mol. The average Bonchev–Trinajstić information content (AvgIpc) is 2.45. The maximum Gasteiger partial charge on any atom is 0.216 e. The molecule has 2 aromatic rings. The normalized spacial score (nSPS) is 9.85. The highest BCUT2D eigenvalue weighted by atomic mass is 16.1. The van der Waals surface area contributed by atoms with Crippen molar-refractivity contribution in [3.05, 3.63) is 36.8 Å². The van der Waals surface area contributed by atoms with E-state index in [9.17, 15) is 4.79 Å². The van der Waals surface area contributed by atoms with Gasteiger partial charge in [0.1, 0.15) is 23.8 Å². The largest absolute Gasteiger partial charge is 0.368 e. The second-order valence-electron chi connectivity index (χ2n) is 4.04. The van der Waals surface area contributed by atoms with Gasteiger partial charge in [-0.2, -0.15) is 0 Å². The Morgan fingerprint density at radius 2 is 1.95 bits per heavy atom. The Hall–Kier alpha value is -2.70. The molecule has 0 aliphatic carbocycles. The van der Waals surface area contributed by atoms with Crippen LogP contribution in [0.1, 0.15) is 6.92 Å². The summed E-state index contributed by atoms with van der Waals surface area (Å²) in [5.41, 5.74) is 0. The summed E-state index contributed by atoms with van der Waals surface area (Å²) in [6, 6.07) is 7.37. The number of hydrogen-bond acceptors (Lipinski definition) is 6. The van der Waals surface area contributed by atoms with E-state index in [1.54, 1.807) is 12.3 Å². The van der Waals surface area contributed by atoms with E-state index >= 15 is 0 Å². The molecule has 2 heterocycles. The number of anilines is 3. The molecule has 7 nitrogen and oxygen atoms in total. The summed E-state index contributed by atoms with van der Waals surface area (Å²) in [5, 5.41) is 8.88. The molecule has 0 fully saturated rings. The maximum atomic E-state index is 10.7. The summed E-state index contributed by atoms with van der Waals surface area (Å²) in [5.74, 6) is 2.01. The Morgan fingerprint density at radius 3 is 2.70 bits per heavy atom. The number of amides is 1. The third-order valence-electron chi connectivity index (χ3n) is 2.39. The lowest BCUT2D eigenvalue weighted by Crippen LogP contribution is -2.26. The number of nitrogens with zero attached hydrogens (tertiary/aromatic N) is 3.